The minimum Gasteiger partial charge on any atom is -0.309 e. The van der Waals surface area contributed by atoms with E-state index in [1.807, 2.05) is 12.1 Å². The number of nitrogens with one attached hydrogen (secondary N) is 1. The summed E-state index contributed by atoms with van der Waals surface area (Å²) in [6.45, 7) is 8.92. The number of hydrogen-bond acceptors (Lipinski definition) is 1. The van der Waals surface area contributed by atoms with Crippen LogP contribution in [0.25, 0.3) is 0 Å². The van der Waals surface area contributed by atoms with Crippen LogP contribution in [0.1, 0.15) is 39.7 Å². The van der Waals surface area contributed by atoms with E-state index in [4.69, 9.17) is 11.6 Å². The summed E-state index contributed by atoms with van der Waals surface area (Å²) >= 11 is 5.86. The van der Waals surface area contributed by atoms with Crippen molar-refractivity contribution < 1.29 is 0 Å². The SMILES string of the molecule is CCC(C)(C)NC(C)Cc1ccc(Cl)cc1. The first kappa shape index (κ1) is 13.5. The average Bonchev–Trinajstić information content (AvgIpc) is 2.21. The van der Waals surface area contributed by atoms with E-state index >= 15 is 0 Å². The van der Waals surface area contributed by atoms with Crippen molar-refractivity contribution in [3.63, 3.8) is 0 Å². The highest BCUT2D eigenvalue weighted by Crippen LogP contribution is 2.13. The van der Waals surface area contributed by atoms with Crippen molar-refractivity contribution in [3.05, 3.63) is 34.9 Å². The molecule has 1 unspecified atom stereocenters. The minimum atomic E-state index is 0.214. The molecule has 1 aromatic rings. The molecule has 0 spiro atoms. The Morgan fingerprint density at radius 2 is 1.81 bits per heavy atom. The van der Waals surface area contributed by atoms with Crippen LogP contribution in [0.4, 0.5) is 0 Å². The zero-order chi connectivity index (χ0) is 12.2. The van der Waals surface area contributed by atoms with Gasteiger partial charge in [-0.25, -0.2) is 0 Å². The van der Waals surface area contributed by atoms with E-state index < -0.39 is 0 Å². The smallest absolute Gasteiger partial charge is 0.0406 e. The third-order valence-corrected chi connectivity index (χ3v) is 3.23. The predicted octanol–water partition coefficient (Wildman–Crippen LogP) is 4.05. The molecule has 1 atom stereocenters. The van der Waals surface area contributed by atoms with E-state index in [1.165, 1.54) is 5.56 Å². The van der Waals surface area contributed by atoms with Crippen molar-refractivity contribution in [1.29, 1.82) is 0 Å². The van der Waals surface area contributed by atoms with Gasteiger partial charge >= 0.3 is 0 Å². The van der Waals surface area contributed by atoms with Crippen molar-refractivity contribution in [2.75, 3.05) is 0 Å². The molecule has 1 rings (SSSR count). The molecular weight excluding hydrogens is 218 g/mol. The molecule has 16 heavy (non-hydrogen) atoms. The molecule has 1 N–H and O–H groups in total. The first-order chi connectivity index (χ1) is 7.43. The molecule has 0 aromatic heterocycles. The lowest BCUT2D eigenvalue weighted by atomic mass is 9.98. The predicted molar refractivity (Wildman–Crippen MR) is 72.1 cm³/mol. The van der Waals surface area contributed by atoms with E-state index in [2.05, 4.69) is 45.1 Å². The van der Waals surface area contributed by atoms with Gasteiger partial charge in [-0.1, -0.05) is 30.7 Å². The van der Waals surface area contributed by atoms with Crippen molar-refractivity contribution in [2.24, 2.45) is 0 Å². The normalized spacial score (nSPS) is 13.8. The van der Waals surface area contributed by atoms with Gasteiger partial charge in [-0.15, -0.1) is 0 Å². The first-order valence-electron chi connectivity index (χ1n) is 5.95. The van der Waals surface area contributed by atoms with Gasteiger partial charge in [-0.05, 0) is 51.3 Å². The minimum absolute atomic E-state index is 0.214. The van der Waals surface area contributed by atoms with Crippen molar-refractivity contribution in [1.82, 2.24) is 5.32 Å². The highest BCUT2D eigenvalue weighted by molar-refractivity contribution is 6.30. The van der Waals surface area contributed by atoms with Crippen molar-refractivity contribution in [3.8, 4) is 0 Å². The molecular formula is C14H22ClN. The van der Waals surface area contributed by atoms with Crippen LogP contribution in [0.5, 0.6) is 0 Å². The fourth-order valence-electron chi connectivity index (χ4n) is 1.79. The summed E-state index contributed by atoms with van der Waals surface area (Å²) in [5, 5.41) is 4.44. The second kappa shape index (κ2) is 5.70. The van der Waals surface area contributed by atoms with Gasteiger partial charge in [0.05, 0.1) is 0 Å². The number of hydrogen-bond donors (Lipinski definition) is 1. The molecule has 0 saturated heterocycles. The summed E-state index contributed by atoms with van der Waals surface area (Å²) in [6, 6.07) is 8.58. The van der Waals surface area contributed by atoms with E-state index in [-0.39, 0.29) is 5.54 Å². The van der Waals surface area contributed by atoms with Crippen LogP contribution in [0.3, 0.4) is 0 Å². The summed E-state index contributed by atoms with van der Waals surface area (Å²) in [5.74, 6) is 0. The van der Waals surface area contributed by atoms with Gasteiger partial charge in [0, 0.05) is 16.6 Å². The van der Waals surface area contributed by atoms with Crippen LogP contribution in [-0.4, -0.2) is 11.6 Å². The van der Waals surface area contributed by atoms with Crippen LogP contribution >= 0.6 is 11.6 Å². The van der Waals surface area contributed by atoms with E-state index in [1.54, 1.807) is 0 Å². The Balaban J connectivity index is 2.51. The lowest BCUT2D eigenvalue weighted by Gasteiger charge is -2.29. The van der Waals surface area contributed by atoms with Gasteiger partial charge in [0.1, 0.15) is 0 Å². The molecule has 0 saturated carbocycles. The molecule has 0 heterocycles. The Hall–Kier alpha value is -0.530. The highest BCUT2D eigenvalue weighted by Gasteiger charge is 2.17. The third-order valence-electron chi connectivity index (χ3n) is 2.98. The maximum Gasteiger partial charge on any atom is 0.0406 e. The number of halogens is 1. The lowest BCUT2D eigenvalue weighted by molar-refractivity contribution is 0.332. The fourth-order valence-corrected chi connectivity index (χ4v) is 1.92. The van der Waals surface area contributed by atoms with E-state index in [0.717, 1.165) is 17.9 Å². The number of rotatable bonds is 5. The molecule has 0 bridgehead atoms. The molecule has 0 fully saturated rings. The molecule has 0 aliphatic rings. The van der Waals surface area contributed by atoms with Gasteiger partial charge in [-0.2, -0.15) is 0 Å². The van der Waals surface area contributed by atoms with Crippen LogP contribution in [-0.2, 0) is 6.42 Å². The van der Waals surface area contributed by atoms with Crippen molar-refractivity contribution in [2.45, 2.75) is 52.1 Å². The summed E-state index contributed by atoms with van der Waals surface area (Å²) in [5.41, 5.74) is 1.54. The topological polar surface area (TPSA) is 12.0 Å². The average molecular weight is 240 g/mol. The van der Waals surface area contributed by atoms with Crippen LogP contribution in [0.15, 0.2) is 24.3 Å². The summed E-state index contributed by atoms with van der Waals surface area (Å²) in [6.07, 6.45) is 2.18. The Morgan fingerprint density at radius 1 is 1.25 bits per heavy atom. The van der Waals surface area contributed by atoms with Crippen molar-refractivity contribution >= 4 is 11.6 Å². The van der Waals surface area contributed by atoms with Crippen LogP contribution in [0.2, 0.25) is 5.02 Å². The summed E-state index contributed by atoms with van der Waals surface area (Å²) in [4.78, 5) is 0. The molecule has 90 valence electrons. The number of benzene rings is 1. The van der Waals surface area contributed by atoms with Gasteiger partial charge < -0.3 is 5.32 Å². The molecule has 1 nitrogen and oxygen atoms in total. The Morgan fingerprint density at radius 3 is 2.31 bits per heavy atom. The van der Waals surface area contributed by atoms with Gasteiger partial charge in [-0.3, -0.25) is 0 Å². The lowest BCUT2D eigenvalue weighted by Crippen LogP contribution is -2.45. The maximum absolute atomic E-state index is 5.86. The quantitative estimate of drug-likeness (QED) is 0.818. The third kappa shape index (κ3) is 4.54. The zero-order valence-corrected chi connectivity index (χ0v) is 11.4. The second-order valence-electron chi connectivity index (χ2n) is 5.11. The van der Waals surface area contributed by atoms with Gasteiger partial charge in [0.25, 0.3) is 0 Å². The standard InChI is InChI=1S/C14H22ClN/c1-5-14(3,4)16-11(2)10-12-6-8-13(15)9-7-12/h6-9,11,16H,5,10H2,1-4H3. The Labute approximate surface area is 104 Å². The van der Waals surface area contributed by atoms with Gasteiger partial charge in [0.2, 0.25) is 0 Å². The fraction of sp³-hybridized carbons (Fsp3) is 0.571. The molecule has 2 heteroatoms. The molecule has 1 aromatic carbocycles. The summed E-state index contributed by atoms with van der Waals surface area (Å²) in [7, 11) is 0. The first-order valence-corrected chi connectivity index (χ1v) is 6.33. The Kier molecular flexibility index (Phi) is 4.82. The molecule has 0 radical (unpaired) electrons. The zero-order valence-electron chi connectivity index (χ0n) is 10.7. The monoisotopic (exact) mass is 239 g/mol. The summed E-state index contributed by atoms with van der Waals surface area (Å²) < 4.78 is 0. The Bertz CT molecular complexity index is 316. The second-order valence-corrected chi connectivity index (χ2v) is 5.55. The van der Waals surface area contributed by atoms with Crippen LogP contribution < -0.4 is 5.32 Å². The highest BCUT2D eigenvalue weighted by atomic mass is 35.5. The molecule has 0 amide bonds. The largest absolute Gasteiger partial charge is 0.309 e. The van der Waals surface area contributed by atoms with Crippen LogP contribution in [0, 0.1) is 0 Å². The molecule has 0 aliphatic carbocycles. The molecule has 0 aliphatic heterocycles. The maximum atomic E-state index is 5.86. The van der Waals surface area contributed by atoms with Gasteiger partial charge in [0.15, 0.2) is 0 Å². The van der Waals surface area contributed by atoms with E-state index in [0.29, 0.717) is 6.04 Å². The van der Waals surface area contributed by atoms with E-state index in [9.17, 15) is 0 Å².